The Bertz CT molecular complexity index is 134. The van der Waals surface area contributed by atoms with Crippen LogP contribution in [0.15, 0.2) is 0 Å². The molecule has 0 bridgehead atoms. The normalized spacial score (nSPS) is 11.9. The number of halogens is 2. The van der Waals surface area contributed by atoms with Crippen molar-refractivity contribution in [2.24, 2.45) is 0 Å². The van der Waals surface area contributed by atoms with Gasteiger partial charge in [-0.05, 0) is 6.42 Å². The fourth-order valence-electron chi connectivity index (χ4n) is 0.371. The minimum Gasteiger partial charge on any atom is -0.285 e. The number of hydrogen-bond donors (Lipinski definition) is 0. The van der Waals surface area contributed by atoms with E-state index in [0.717, 1.165) is 12.8 Å². The van der Waals surface area contributed by atoms with Crippen molar-refractivity contribution in [1.29, 1.82) is 0 Å². The molecule has 0 aromatic carbocycles. The topological polar surface area (TPSA) is 44.8 Å². The zero-order valence-electron chi connectivity index (χ0n) is 5.96. The maximum Gasteiger partial charge on any atom is 0.507 e. The van der Waals surface area contributed by atoms with E-state index in [1.54, 1.807) is 0 Å². The molecule has 0 rings (SSSR count). The molecule has 4 nitrogen and oxygen atoms in total. The SMILES string of the molecule is CCCCOP(=O)(OCl)OCl. The molecule has 0 saturated carbocycles. The number of phosphoric acid groups is 1. The van der Waals surface area contributed by atoms with Gasteiger partial charge in [-0.25, -0.2) is 4.57 Å². The van der Waals surface area contributed by atoms with Gasteiger partial charge in [-0.3, -0.25) is 4.52 Å². The molecule has 0 aliphatic heterocycles. The van der Waals surface area contributed by atoms with E-state index >= 15 is 0 Å². The minimum atomic E-state index is -3.68. The largest absolute Gasteiger partial charge is 0.507 e. The van der Waals surface area contributed by atoms with Crippen LogP contribution in [0.4, 0.5) is 0 Å². The molecule has 0 unspecified atom stereocenters. The number of unbranched alkanes of at least 4 members (excludes halogenated alkanes) is 1. The van der Waals surface area contributed by atoms with Gasteiger partial charge >= 0.3 is 7.82 Å². The molecular formula is C4H9Cl2O4P. The first-order chi connectivity index (χ1) is 5.18. The van der Waals surface area contributed by atoms with E-state index < -0.39 is 7.82 Å². The van der Waals surface area contributed by atoms with Gasteiger partial charge in [-0.15, -0.1) is 0 Å². The highest BCUT2D eigenvalue weighted by atomic mass is 35.5. The van der Waals surface area contributed by atoms with Gasteiger partial charge < -0.3 is 0 Å². The molecule has 0 aliphatic carbocycles. The molecule has 0 radical (unpaired) electrons. The van der Waals surface area contributed by atoms with Crippen LogP contribution in [0, 0.1) is 0 Å². The van der Waals surface area contributed by atoms with Crippen molar-refractivity contribution in [3.05, 3.63) is 0 Å². The van der Waals surface area contributed by atoms with Crippen molar-refractivity contribution in [3.63, 3.8) is 0 Å². The Morgan fingerprint density at radius 3 is 2.27 bits per heavy atom. The average Bonchev–Trinajstić information content (AvgIpc) is 2.05. The minimum absolute atomic E-state index is 0.243. The summed E-state index contributed by atoms with van der Waals surface area (Å²) in [5.74, 6) is 0. The van der Waals surface area contributed by atoms with Crippen LogP contribution in [-0.2, 0) is 17.2 Å². The molecule has 0 aromatic rings. The Morgan fingerprint density at radius 2 is 1.91 bits per heavy atom. The van der Waals surface area contributed by atoms with Gasteiger partial charge in [-0.2, -0.15) is 8.15 Å². The third-order valence-corrected chi connectivity index (χ3v) is 2.77. The average molecular weight is 223 g/mol. The van der Waals surface area contributed by atoms with Gasteiger partial charge in [0.25, 0.3) is 0 Å². The van der Waals surface area contributed by atoms with Gasteiger partial charge in [-0.1, -0.05) is 13.3 Å². The van der Waals surface area contributed by atoms with Crippen LogP contribution in [0.1, 0.15) is 19.8 Å². The molecule has 0 fully saturated rings. The van der Waals surface area contributed by atoms with E-state index in [-0.39, 0.29) is 6.61 Å². The summed E-state index contributed by atoms with van der Waals surface area (Å²) in [6, 6.07) is 0. The number of rotatable bonds is 6. The molecular weight excluding hydrogens is 214 g/mol. The highest BCUT2D eigenvalue weighted by Crippen LogP contribution is 2.51. The molecule has 0 heterocycles. The predicted molar refractivity (Wildman–Crippen MR) is 42.3 cm³/mol. The lowest BCUT2D eigenvalue weighted by molar-refractivity contribution is 0.216. The first kappa shape index (κ1) is 11.7. The summed E-state index contributed by atoms with van der Waals surface area (Å²) in [6.45, 7) is 2.20. The Kier molecular flexibility index (Phi) is 6.62. The van der Waals surface area contributed by atoms with Crippen molar-refractivity contribution < 1.29 is 17.2 Å². The zero-order valence-corrected chi connectivity index (χ0v) is 8.36. The quantitative estimate of drug-likeness (QED) is 0.512. The van der Waals surface area contributed by atoms with Gasteiger partial charge in [0.05, 0.1) is 30.3 Å². The Labute approximate surface area is 75.7 Å². The lowest BCUT2D eigenvalue weighted by Gasteiger charge is -2.07. The maximum absolute atomic E-state index is 10.9. The van der Waals surface area contributed by atoms with Crippen LogP contribution >= 0.6 is 31.6 Å². The molecule has 0 spiro atoms. The van der Waals surface area contributed by atoms with E-state index in [1.165, 1.54) is 0 Å². The summed E-state index contributed by atoms with van der Waals surface area (Å²) in [5, 5.41) is 0. The van der Waals surface area contributed by atoms with Crippen molar-refractivity contribution in [1.82, 2.24) is 0 Å². The van der Waals surface area contributed by atoms with Crippen LogP contribution in [0.25, 0.3) is 0 Å². The Balaban J connectivity index is 3.61. The predicted octanol–water partition coefficient (Wildman–Crippen LogP) is 3.25. The van der Waals surface area contributed by atoms with E-state index in [2.05, 4.69) is 12.7 Å². The summed E-state index contributed by atoms with van der Waals surface area (Å²) < 4.78 is 23.3. The molecule has 0 saturated heterocycles. The molecule has 0 aromatic heterocycles. The fourth-order valence-corrected chi connectivity index (χ4v) is 1.32. The molecule has 11 heavy (non-hydrogen) atoms. The van der Waals surface area contributed by atoms with Gasteiger partial charge in [0.2, 0.25) is 0 Å². The zero-order chi connectivity index (χ0) is 8.74. The van der Waals surface area contributed by atoms with Crippen LogP contribution in [0.2, 0.25) is 0 Å². The van der Waals surface area contributed by atoms with Crippen LogP contribution in [-0.4, -0.2) is 6.61 Å². The Morgan fingerprint density at radius 1 is 1.36 bits per heavy atom. The second-order valence-electron chi connectivity index (χ2n) is 1.77. The van der Waals surface area contributed by atoms with Crippen molar-refractivity contribution >= 4 is 31.6 Å². The van der Waals surface area contributed by atoms with E-state index in [0.29, 0.717) is 0 Å². The van der Waals surface area contributed by atoms with Gasteiger partial charge in [0.15, 0.2) is 0 Å². The molecule has 0 aliphatic rings. The van der Waals surface area contributed by atoms with E-state index in [1.807, 2.05) is 6.92 Å². The van der Waals surface area contributed by atoms with Crippen LogP contribution in [0.3, 0.4) is 0 Å². The van der Waals surface area contributed by atoms with Crippen molar-refractivity contribution in [2.45, 2.75) is 19.8 Å². The first-order valence-electron chi connectivity index (χ1n) is 3.03. The molecule has 0 amide bonds. The summed E-state index contributed by atoms with van der Waals surface area (Å²) >= 11 is 9.58. The third kappa shape index (κ3) is 5.01. The fraction of sp³-hybridized carbons (Fsp3) is 1.00. The molecule has 7 heteroatoms. The van der Waals surface area contributed by atoms with Crippen LogP contribution in [0.5, 0.6) is 0 Å². The standard InChI is InChI=1S/C4H9Cl2O4P/c1-2-3-4-8-11(7,9-5)10-6/h2-4H2,1H3. The van der Waals surface area contributed by atoms with E-state index in [4.69, 9.17) is 23.7 Å². The van der Waals surface area contributed by atoms with Crippen molar-refractivity contribution in [3.8, 4) is 0 Å². The summed E-state index contributed by atoms with van der Waals surface area (Å²) in [6.07, 6.45) is 1.65. The monoisotopic (exact) mass is 222 g/mol. The third-order valence-electron chi connectivity index (χ3n) is 0.916. The number of hydrogen-bond acceptors (Lipinski definition) is 4. The van der Waals surface area contributed by atoms with Crippen LogP contribution < -0.4 is 0 Å². The van der Waals surface area contributed by atoms with Gasteiger partial charge in [0.1, 0.15) is 0 Å². The Hall–Kier alpha value is 0.690. The highest BCUT2D eigenvalue weighted by molar-refractivity contribution is 7.50. The molecule has 0 N–H and O–H groups in total. The van der Waals surface area contributed by atoms with Crippen molar-refractivity contribution in [2.75, 3.05) is 6.61 Å². The maximum atomic E-state index is 10.9. The molecule has 0 atom stereocenters. The second kappa shape index (κ2) is 6.23. The lowest BCUT2D eigenvalue weighted by atomic mass is 10.4. The summed E-state index contributed by atoms with van der Waals surface area (Å²) in [7, 11) is -3.68. The lowest BCUT2D eigenvalue weighted by Crippen LogP contribution is -1.92. The second-order valence-corrected chi connectivity index (χ2v) is 4.03. The highest BCUT2D eigenvalue weighted by Gasteiger charge is 2.25. The summed E-state index contributed by atoms with van der Waals surface area (Å²) in [5.41, 5.74) is 0. The van der Waals surface area contributed by atoms with E-state index in [9.17, 15) is 4.57 Å². The molecule has 68 valence electrons. The summed E-state index contributed by atoms with van der Waals surface area (Å²) in [4.78, 5) is 0. The first-order valence-corrected chi connectivity index (χ1v) is 5.11. The smallest absolute Gasteiger partial charge is 0.285 e. The van der Waals surface area contributed by atoms with Gasteiger partial charge in [0, 0.05) is 0 Å².